The molecule has 1 amide bonds. The van der Waals surface area contributed by atoms with Crippen LogP contribution in [0.15, 0.2) is 29.2 Å². The molecule has 2 unspecified atom stereocenters. The Kier molecular flexibility index (Phi) is 5.00. The molecule has 1 aromatic rings. The highest BCUT2D eigenvalue weighted by Crippen LogP contribution is 2.23. The molecule has 2 atom stereocenters. The molecule has 0 saturated carbocycles. The number of rotatable bonds is 3. The van der Waals surface area contributed by atoms with Crippen molar-refractivity contribution in [3.63, 3.8) is 0 Å². The number of nitrogens with zero attached hydrogens (tertiary/aromatic N) is 2. The molecule has 4 rings (SSSR count). The van der Waals surface area contributed by atoms with Gasteiger partial charge in [0.25, 0.3) is 5.91 Å². The number of hydrogen-bond acceptors (Lipinski definition) is 5. The van der Waals surface area contributed by atoms with Crippen LogP contribution in [0.4, 0.5) is 0 Å². The molecule has 0 radical (unpaired) electrons. The van der Waals surface area contributed by atoms with Crippen LogP contribution in [-0.4, -0.2) is 75.0 Å². The summed E-state index contributed by atoms with van der Waals surface area (Å²) >= 11 is 0. The second-order valence-electron chi connectivity index (χ2n) is 7.22. The molecule has 8 heteroatoms. The average molecular weight is 379 g/mol. The van der Waals surface area contributed by atoms with Crippen molar-refractivity contribution in [2.75, 3.05) is 39.4 Å². The van der Waals surface area contributed by atoms with Gasteiger partial charge in [0, 0.05) is 43.8 Å². The topological polar surface area (TPSA) is 79.0 Å². The van der Waals surface area contributed by atoms with E-state index in [9.17, 15) is 13.2 Å². The lowest BCUT2D eigenvalue weighted by molar-refractivity contribution is 0.0729. The van der Waals surface area contributed by atoms with E-state index in [2.05, 4.69) is 5.32 Å². The monoisotopic (exact) mass is 379 g/mol. The summed E-state index contributed by atoms with van der Waals surface area (Å²) in [5.74, 6) is -0.0848. The van der Waals surface area contributed by atoms with Gasteiger partial charge < -0.3 is 15.0 Å². The second kappa shape index (κ2) is 7.26. The highest BCUT2D eigenvalue weighted by atomic mass is 32.2. The van der Waals surface area contributed by atoms with Crippen LogP contribution in [0.1, 0.15) is 29.6 Å². The molecule has 7 nitrogen and oxygen atoms in total. The van der Waals surface area contributed by atoms with Crippen LogP contribution in [0.2, 0.25) is 0 Å². The Balaban J connectivity index is 1.54. The van der Waals surface area contributed by atoms with Crippen molar-refractivity contribution in [3.8, 4) is 0 Å². The number of fused-ring (bicyclic) bond motifs is 2. The van der Waals surface area contributed by atoms with Crippen molar-refractivity contribution < 1.29 is 17.9 Å². The van der Waals surface area contributed by atoms with Gasteiger partial charge in [0.15, 0.2) is 0 Å². The number of benzene rings is 1. The Labute approximate surface area is 154 Å². The number of carbonyl (C=O) groups excluding carboxylic acids is 1. The van der Waals surface area contributed by atoms with Crippen molar-refractivity contribution >= 4 is 15.9 Å². The lowest BCUT2D eigenvalue weighted by Crippen LogP contribution is -2.41. The zero-order valence-corrected chi connectivity index (χ0v) is 15.6. The number of ether oxygens (including phenoxy) is 1. The Morgan fingerprint density at radius 2 is 1.85 bits per heavy atom. The molecule has 3 aliphatic rings. The second-order valence-corrected chi connectivity index (χ2v) is 9.16. The fraction of sp³-hybridized carbons (Fsp3) is 0.611. The molecule has 142 valence electrons. The summed E-state index contributed by atoms with van der Waals surface area (Å²) in [5, 5.41) is 3.56. The van der Waals surface area contributed by atoms with Gasteiger partial charge >= 0.3 is 0 Å². The minimum Gasteiger partial charge on any atom is -0.379 e. The summed E-state index contributed by atoms with van der Waals surface area (Å²) in [6.07, 6.45) is 3.23. The van der Waals surface area contributed by atoms with E-state index in [-0.39, 0.29) is 10.8 Å². The van der Waals surface area contributed by atoms with Gasteiger partial charge in [-0.05, 0) is 37.5 Å². The minimum atomic E-state index is -3.59. The van der Waals surface area contributed by atoms with E-state index >= 15 is 0 Å². The number of hydrogen-bond donors (Lipinski definition) is 1. The summed E-state index contributed by atoms with van der Waals surface area (Å²) in [4.78, 5) is 15.0. The predicted molar refractivity (Wildman–Crippen MR) is 96.5 cm³/mol. The molecule has 1 N–H and O–H groups in total. The number of morpholine rings is 1. The molecule has 0 spiro atoms. The summed E-state index contributed by atoms with van der Waals surface area (Å²) < 4.78 is 32.3. The van der Waals surface area contributed by atoms with Crippen molar-refractivity contribution in [1.29, 1.82) is 0 Å². The van der Waals surface area contributed by atoms with Gasteiger partial charge in [-0.25, -0.2) is 8.42 Å². The van der Waals surface area contributed by atoms with Gasteiger partial charge in [-0.15, -0.1) is 0 Å². The number of nitrogens with one attached hydrogen (secondary N) is 1. The van der Waals surface area contributed by atoms with E-state index in [1.54, 1.807) is 18.2 Å². The third-order valence-corrected chi connectivity index (χ3v) is 7.39. The van der Waals surface area contributed by atoms with Crippen LogP contribution in [0.3, 0.4) is 0 Å². The van der Waals surface area contributed by atoms with Gasteiger partial charge in [0.2, 0.25) is 10.0 Å². The number of sulfonamides is 1. The molecule has 0 aliphatic carbocycles. The fourth-order valence-corrected chi connectivity index (χ4v) is 5.49. The molecule has 1 aromatic carbocycles. The maximum atomic E-state index is 13.0. The van der Waals surface area contributed by atoms with Gasteiger partial charge in [-0.2, -0.15) is 4.31 Å². The molecular formula is C18H25N3O4S. The summed E-state index contributed by atoms with van der Waals surface area (Å²) in [7, 11) is -3.59. The lowest BCUT2D eigenvalue weighted by Gasteiger charge is -2.27. The maximum Gasteiger partial charge on any atom is 0.253 e. The van der Waals surface area contributed by atoms with Gasteiger partial charge in [0.1, 0.15) is 0 Å². The van der Waals surface area contributed by atoms with Crippen molar-refractivity contribution in [2.24, 2.45) is 0 Å². The van der Waals surface area contributed by atoms with Crippen molar-refractivity contribution in [3.05, 3.63) is 29.8 Å². The largest absolute Gasteiger partial charge is 0.379 e. The maximum absolute atomic E-state index is 13.0. The zero-order chi connectivity index (χ0) is 18.1. The van der Waals surface area contributed by atoms with Crippen LogP contribution in [-0.2, 0) is 14.8 Å². The highest BCUT2D eigenvalue weighted by molar-refractivity contribution is 7.89. The molecular weight excluding hydrogens is 354 g/mol. The first-order valence-electron chi connectivity index (χ1n) is 9.27. The molecule has 3 saturated heterocycles. The van der Waals surface area contributed by atoms with Gasteiger partial charge in [0.05, 0.1) is 18.1 Å². The van der Waals surface area contributed by atoms with Crippen LogP contribution >= 0.6 is 0 Å². The Bertz CT molecular complexity index is 776. The normalized spacial score (nSPS) is 27.3. The summed E-state index contributed by atoms with van der Waals surface area (Å²) in [6, 6.07) is 7.30. The number of amides is 1. The van der Waals surface area contributed by atoms with E-state index < -0.39 is 10.0 Å². The van der Waals surface area contributed by atoms with E-state index in [1.807, 2.05) is 4.90 Å². The quantitative estimate of drug-likeness (QED) is 0.835. The average Bonchev–Trinajstić information content (AvgIpc) is 3.01. The first kappa shape index (κ1) is 17.9. The zero-order valence-electron chi connectivity index (χ0n) is 14.8. The SMILES string of the molecule is O=C(c1cccc(S(=O)(=O)N2CCOCC2)c1)N1CCC2CCC(C1)N2. The van der Waals surface area contributed by atoms with Gasteiger partial charge in [-0.3, -0.25) is 4.79 Å². The third-order valence-electron chi connectivity index (χ3n) is 5.50. The number of carbonyl (C=O) groups is 1. The fourth-order valence-electron chi connectivity index (χ4n) is 4.04. The van der Waals surface area contributed by atoms with Gasteiger partial charge in [-0.1, -0.05) is 6.07 Å². The minimum absolute atomic E-state index is 0.0848. The van der Waals surface area contributed by atoms with Crippen LogP contribution in [0.25, 0.3) is 0 Å². The molecule has 3 heterocycles. The van der Waals surface area contributed by atoms with E-state index in [1.165, 1.54) is 16.8 Å². The van der Waals surface area contributed by atoms with Crippen LogP contribution in [0.5, 0.6) is 0 Å². The summed E-state index contributed by atoms with van der Waals surface area (Å²) in [6.45, 7) is 2.91. The molecule has 26 heavy (non-hydrogen) atoms. The molecule has 2 bridgehead atoms. The molecule has 3 aliphatic heterocycles. The predicted octanol–water partition coefficient (Wildman–Crippen LogP) is 0.674. The van der Waals surface area contributed by atoms with E-state index in [0.717, 1.165) is 12.8 Å². The smallest absolute Gasteiger partial charge is 0.253 e. The third kappa shape index (κ3) is 3.51. The highest BCUT2D eigenvalue weighted by Gasteiger charge is 2.32. The molecule has 3 fully saturated rings. The Morgan fingerprint density at radius 1 is 1.08 bits per heavy atom. The summed E-state index contributed by atoms with van der Waals surface area (Å²) in [5.41, 5.74) is 0.442. The number of likely N-dealkylation sites (tertiary alicyclic amines) is 1. The van der Waals surface area contributed by atoms with Crippen molar-refractivity contribution in [1.82, 2.24) is 14.5 Å². The van der Waals surface area contributed by atoms with Crippen LogP contribution in [0, 0.1) is 0 Å². The first-order valence-corrected chi connectivity index (χ1v) is 10.7. The van der Waals surface area contributed by atoms with Crippen molar-refractivity contribution in [2.45, 2.75) is 36.2 Å². The van der Waals surface area contributed by atoms with Crippen LogP contribution < -0.4 is 5.32 Å². The first-order chi connectivity index (χ1) is 12.5. The van der Waals surface area contributed by atoms with E-state index in [0.29, 0.717) is 57.0 Å². The standard InChI is InChI=1S/C18H25N3O4S/c22-18(20-7-6-15-4-5-16(13-20)19-15)14-2-1-3-17(12-14)26(23,24)21-8-10-25-11-9-21/h1-3,12,15-16,19H,4-11,13H2. The van der Waals surface area contributed by atoms with E-state index in [4.69, 9.17) is 4.74 Å². The Morgan fingerprint density at radius 3 is 2.65 bits per heavy atom. The molecule has 0 aromatic heterocycles. The Hall–Kier alpha value is -1.48. The lowest BCUT2D eigenvalue weighted by atomic mass is 10.1.